The molecule has 21 heavy (non-hydrogen) atoms. The van der Waals surface area contributed by atoms with E-state index in [0.717, 1.165) is 11.8 Å². The fourth-order valence-corrected chi connectivity index (χ4v) is 5.08. The van der Waals surface area contributed by atoms with Gasteiger partial charge in [-0.25, -0.2) is 0 Å². The number of aromatic amines is 1. The molecule has 3 heterocycles. The first-order chi connectivity index (χ1) is 10.3. The predicted molar refractivity (Wildman–Crippen MR) is 86.3 cm³/mol. The van der Waals surface area contributed by atoms with Crippen LogP contribution in [0.15, 0.2) is 35.9 Å². The van der Waals surface area contributed by atoms with Crippen LogP contribution in [0.1, 0.15) is 37.1 Å². The van der Waals surface area contributed by atoms with Gasteiger partial charge in [-0.3, -0.25) is 4.90 Å². The lowest BCUT2D eigenvalue weighted by atomic mass is 9.77. The van der Waals surface area contributed by atoms with Crippen LogP contribution in [0.3, 0.4) is 0 Å². The van der Waals surface area contributed by atoms with Crippen LogP contribution in [0, 0.1) is 11.8 Å². The molecule has 1 aliphatic carbocycles. The molecule has 2 aromatic rings. The average Bonchev–Trinajstić information content (AvgIpc) is 3.03. The minimum atomic E-state index is 0.635. The Balaban J connectivity index is 1.64. The van der Waals surface area contributed by atoms with Gasteiger partial charge in [0.15, 0.2) is 0 Å². The largest absolute Gasteiger partial charge is 0.357 e. The van der Waals surface area contributed by atoms with Gasteiger partial charge in [0.2, 0.25) is 0 Å². The highest BCUT2D eigenvalue weighted by atomic mass is 15.2. The van der Waals surface area contributed by atoms with Gasteiger partial charge in [0.1, 0.15) is 0 Å². The molecule has 2 nitrogen and oxygen atoms in total. The molecular weight excluding hydrogens is 256 g/mol. The SMILES string of the molecule is CC1=CC[C@H]2[C@@H](C1)CN1CCc3c([nH]c4ccccc34)[C@H]21. The Morgan fingerprint density at radius 2 is 2.14 bits per heavy atom. The van der Waals surface area contributed by atoms with Crippen molar-refractivity contribution in [3.8, 4) is 0 Å². The highest BCUT2D eigenvalue weighted by Gasteiger charge is 2.46. The summed E-state index contributed by atoms with van der Waals surface area (Å²) in [4.78, 5) is 6.52. The highest BCUT2D eigenvalue weighted by molar-refractivity contribution is 5.85. The van der Waals surface area contributed by atoms with E-state index < -0.39 is 0 Å². The maximum atomic E-state index is 3.77. The highest BCUT2D eigenvalue weighted by Crippen LogP contribution is 2.50. The second kappa shape index (κ2) is 4.23. The van der Waals surface area contributed by atoms with E-state index in [-0.39, 0.29) is 0 Å². The number of benzene rings is 1. The van der Waals surface area contributed by atoms with E-state index in [9.17, 15) is 0 Å². The number of hydrogen-bond donors (Lipinski definition) is 1. The molecule has 1 aromatic carbocycles. The van der Waals surface area contributed by atoms with Gasteiger partial charge in [0.25, 0.3) is 0 Å². The number of nitrogens with zero attached hydrogens (tertiary/aromatic N) is 1. The number of rotatable bonds is 0. The molecule has 1 aromatic heterocycles. The Morgan fingerprint density at radius 1 is 1.24 bits per heavy atom. The minimum Gasteiger partial charge on any atom is -0.357 e. The minimum absolute atomic E-state index is 0.635. The summed E-state index contributed by atoms with van der Waals surface area (Å²) in [6.45, 7) is 4.85. The van der Waals surface area contributed by atoms with E-state index in [1.807, 2.05) is 0 Å². The Labute approximate surface area is 125 Å². The molecular formula is C19H22N2. The van der Waals surface area contributed by atoms with Crippen LogP contribution >= 0.6 is 0 Å². The number of nitrogens with one attached hydrogen (secondary N) is 1. The predicted octanol–water partition coefficient (Wildman–Crippen LogP) is 4.05. The fourth-order valence-electron chi connectivity index (χ4n) is 5.08. The standard InChI is InChI=1S/C19H22N2/c1-12-6-7-14-13(10-12)11-21-9-8-16-15-4-2-3-5-17(15)20-18(16)19(14)21/h2-6,13-14,19-20H,7-11H2,1H3/t13-,14-,19-/m0/s1. The maximum absolute atomic E-state index is 3.77. The van der Waals surface area contributed by atoms with Crippen LogP contribution < -0.4 is 0 Å². The monoisotopic (exact) mass is 278 g/mol. The summed E-state index contributed by atoms with van der Waals surface area (Å²) in [6.07, 6.45) is 6.28. The normalized spacial score (nSPS) is 31.7. The lowest BCUT2D eigenvalue weighted by Gasteiger charge is -2.33. The molecule has 0 unspecified atom stereocenters. The summed E-state index contributed by atoms with van der Waals surface area (Å²) in [6, 6.07) is 9.47. The Kier molecular flexibility index (Phi) is 2.43. The van der Waals surface area contributed by atoms with Crippen molar-refractivity contribution in [3.63, 3.8) is 0 Å². The van der Waals surface area contributed by atoms with E-state index in [2.05, 4.69) is 47.1 Å². The smallest absolute Gasteiger partial charge is 0.0536 e. The molecule has 0 saturated carbocycles. The van der Waals surface area contributed by atoms with Gasteiger partial charge >= 0.3 is 0 Å². The fraction of sp³-hybridized carbons (Fsp3) is 0.474. The van der Waals surface area contributed by atoms with Gasteiger partial charge < -0.3 is 4.98 Å². The molecule has 1 fully saturated rings. The van der Waals surface area contributed by atoms with Crippen molar-refractivity contribution < 1.29 is 0 Å². The first-order valence-corrected chi connectivity index (χ1v) is 8.30. The van der Waals surface area contributed by atoms with Gasteiger partial charge in [-0.1, -0.05) is 29.8 Å². The number of para-hydroxylation sites is 1. The third-order valence-electron chi connectivity index (χ3n) is 5.99. The lowest BCUT2D eigenvalue weighted by Crippen LogP contribution is -2.32. The first kappa shape index (κ1) is 12.0. The third kappa shape index (κ3) is 1.63. The summed E-state index contributed by atoms with van der Waals surface area (Å²) in [5, 5.41) is 1.46. The number of fused-ring (bicyclic) bond motifs is 7. The topological polar surface area (TPSA) is 19.0 Å². The van der Waals surface area contributed by atoms with Gasteiger partial charge in [-0.15, -0.1) is 0 Å². The van der Waals surface area contributed by atoms with Crippen molar-refractivity contribution in [1.82, 2.24) is 9.88 Å². The van der Waals surface area contributed by atoms with Crippen LogP contribution in [-0.4, -0.2) is 23.0 Å². The molecule has 0 bridgehead atoms. The molecule has 1 saturated heterocycles. The van der Waals surface area contributed by atoms with E-state index in [1.54, 1.807) is 11.1 Å². The summed E-state index contributed by atoms with van der Waals surface area (Å²) in [5.74, 6) is 1.69. The molecule has 2 heteroatoms. The zero-order chi connectivity index (χ0) is 14.0. The summed E-state index contributed by atoms with van der Waals surface area (Å²) in [5.41, 5.74) is 6.06. The number of hydrogen-bond acceptors (Lipinski definition) is 1. The van der Waals surface area contributed by atoms with Crippen molar-refractivity contribution in [1.29, 1.82) is 0 Å². The molecule has 2 aliphatic heterocycles. The van der Waals surface area contributed by atoms with Crippen LogP contribution in [-0.2, 0) is 6.42 Å². The zero-order valence-corrected chi connectivity index (χ0v) is 12.6. The third-order valence-corrected chi connectivity index (χ3v) is 5.99. The van der Waals surface area contributed by atoms with Crippen molar-refractivity contribution >= 4 is 10.9 Å². The number of allylic oxidation sites excluding steroid dienone is 2. The summed E-state index contributed by atoms with van der Waals surface area (Å²) < 4.78 is 0. The molecule has 0 radical (unpaired) electrons. The molecule has 3 atom stereocenters. The zero-order valence-electron chi connectivity index (χ0n) is 12.6. The van der Waals surface area contributed by atoms with Crippen molar-refractivity contribution in [3.05, 3.63) is 47.2 Å². The van der Waals surface area contributed by atoms with Crippen molar-refractivity contribution in [2.75, 3.05) is 13.1 Å². The quantitative estimate of drug-likeness (QED) is 0.720. The number of H-pyrrole nitrogens is 1. The van der Waals surface area contributed by atoms with Crippen molar-refractivity contribution in [2.24, 2.45) is 11.8 Å². The summed E-state index contributed by atoms with van der Waals surface area (Å²) in [7, 11) is 0. The Bertz CT molecular complexity index is 739. The summed E-state index contributed by atoms with van der Waals surface area (Å²) >= 11 is 0. The second-order valence-corrected chi connectivity index (χ2v) is 7.17. The van der Waals surface area contributed by atoms with Crippen LogP contribution in [0.4, 0.5) is 0 Å². The molecule has 1 N–H and O–H groups in total. The second-order valence-electron chi connectivity index (χ2n) is 7.17. The lowest BCUT2D eigenvalue weighted by molar-refractivity contribution is 0.211. The maximum Gasteiger partial charge on any atom is 0.0536 e. The van der Waals surface area contributed by atoms with E-state index in [0.29, 0.717) is 6.04 Å². The Hall–Kier alpha value is -1.54. The van der Waals surface area contributed by atoms with Crippen LogP contribution in [0.5, 0.6) is 0 Å². The Morgan fingerprint density at radius 3 is 3.10 bits per heavy atom. The molecule has 0 amide bonds. The first-order valence-electron chi connectivity index (χ1n) is 8.30. The van der Waals surface area contributed by atoms with Gasteiger partial charge in [-0.05, 0) is 49.7 Å². The molecule has 5 rings (SSSR count). The van der Waals surface area contributed by atoms with Crippen LogP contribution in [0.25, 0.3) is 10.9 Å². The molecule has 0 spiro atoms. The van der Waals surface area contributed by atoms with Gasteiger partial charge in [0.05, 0.1) is 6.04 Å². The molecule has 3 aliphatic rings. The number of aromatic nitrogens is 1. The van der Waals surface area contributed by atoms with Gasteiger partial charge in [-0.2, -0.15) is 0 Å². The van der Waals surface area contributed by atoms with Crippen molar-refractivity contribution in [2.45, 2.75) is 32.2 Å². The van der Waals surface area contributed by atoms with E-state index in [1.165, 1.54) is 48.9 Å². The molecule has 108 valence electrons. The van der Waals surface area contributed by atoms with Crippen LogP contribution in [0.2, 0.25) is 0 Å². The van der Waals surface area contributed by atoms with E-state index in [4.69, 9.17) is 0 Å². The van der Waals surface area contributed by atoms with Gasteiger partial charge in [0, 0.05) is 29.7 Å². The van der Waals surface area contributed by atoms with E-state index >= 15 is 0 Å². The average molecular weight is 278 g/mol.